The van der Waals surface area contributed by atoms with Gasteiger partial charge in [-0.2, -0.15) is 0 Å². The highest BCUT2D eigenvalue weighted by Crippen LogP contribution is 2.23. The normalized spacial score (nSPS) is 21.7. The molecule has 1 aromatic rings. The highest BCUT2D eigenvalue weighted by Gasteiger charge is 2.32. The minimum atomic E-state index is -0.394. The Balaban J connectivity index is 2.18. The van der Waals surface area contributed by atoms with Gasteiger partial charge >= 0.3 is 6.03 Å². The van der Waals surface area contributed by atoms with Crippen molar-refractivity contribution in [3.8, 4) is 0 Å². The summed E-state index contributed by atoms with van der Waals surface area (Å²) in [7, 11) is 0. The van der Waals surface area contributed by atoms with Crippen LogP contribution in [0.2, 0.25) is 0 Å². The quantitative estimate of drug-likeness (QED) is 0.873. The van der Waals surface area contributed by atoms with Crippen LogP contribution in [0.5, 0.6) is 0 Å². The fourth-order valence-corrected chi connectivity index (χ4v) is 2.02. The minimum Gasteiger partial charge on any atom is -0.317 e. The van der Waals surface area contributed by atoms with Crippen molar-refractivity contribution in [2.75, 3.05) is 6.54 Å². The summed E-state index contributed by atoms with van der Waals surface area (Å²) in [6.07, 6.45) is 0. The summed E-state index contributed by atoms with van der Waals surface area (Å²) in [6, 6.07) is 5.43. The molecule has 0 bridgehead atoms. The van der Waals surface area contributed by atoms with Gasteiger partial charge in [-0.15, -0.1) is 0 Å². The molecule has 2 atom stereocenters. The second kappa shape index (κ2) is 4.76. The van der Waals surface area contributed by atoms with E-state index >= 15 is 0 Å². The second-order valence-corrected chi connectivity index (χ2v) is 4.58. The molecule has 0 spiro atoms. The van der Waals surface area contributed by atoms with Crippen LogP contribution in [0.4, 0.5) is 9.18 Å². The number of hydrogen-bond donors (Lipinski definition) is 1. The van der Waals surface area contributed by atoms with Gasteiger partial charge in [0.15, 0.2) is 0 Å². The lowest BCUT2D eigenvalue weighted by Gasteiger charge is -2.35. The smallest absolute Gasteiger partial charge is 0.317 e. The number of carbonyl (C=O) groups is 2. The maximum atomic E-state index is 12.8. The van der Waals surface area contributed by atoms with Gasteiger partial charge in [0, 0.05) is 6.54 Å². The van der Waals surface area contributed by atoms with E-state index in [1.165, 1.54) is 12.1 Å². The Morgan fingerprint density at radius 1 is 1.33 bits per heavy atom. The van der Waals surface area contributed by atoms with Crippen LogP contribution in [0, 0.1) is 11.7 Å². The highest BCUT2D eigenvalue weighted by molar-refractivity contribution is 5.97. The van der Waals surface area contributed by atoms with Gasteiger partial charge < -0.3 is 4.90 Å². The van der Waals surface area contributed by atoms with Crippen LogP contribution in [0.3, 0.4) is 0 Å². The summed E-state index contributed by atoms with van der Waals surface area (Å²) in [5, 5.41) is 2.32. The molecule has 1 aliphatic rings. The van der Waals surface area contributed by atoms with E-state index in [1.54, 1.807) is 24.0 Å². The van der Waals surface area contributed by atoms with E-state index in [1.807, 2.05) is 6.92 Å². The zero-order chi connectivity index (χ0) is 13.3. The zero-order valence-electron chi connectivity index (χ0n) is 10.3. The molecular formula is C13H15FN2O2. The molecule has 1 N–H and O–H groups in total. The first-order valence-corrected chi connectivity index (χ1v) is 5.86. The van der Waals surface area contributed by atoms with E-state index in [0.717, 1.165) is 5.56 Å². The molecule has 1 heterocycles. The largest absolute Gasteiger partial charge is 0.324 e. The molecule has 96 valence electrons. The molecule has 18 heavy (non-hydrogen) atoms. The first kappa shape index (κ1) is 12.5. The Kier molecular flexibility index (Phi) is 3.32. The van der Waals surface area contributed by atoms with E-state index in [0.29, 0.717) is 6.54 Å². The van der Waals surface area contributed by atoms with Crippen molar-refractivity contribution >= 4 is 11.9 Å². The number of halogens is 1. The summed E-state index contributed by atoms with van der Waals surface area (Å²) in [5.41, 5.74) is 0.841. The molecule has 0 aromatic heterocycles. The fraction of sp³-hybridized carbons (Fsp3) is 0.385. The predicted molar refractivity (Wildman–Crippen MR) is 64.2 cm³/mol. The van der Waals surface area contributed by atoms with Gasteiger partial charge in [0.2, 0.25) is 5.91 Å². The van der Waals surface area contributed by atoms with Crippen LogP contribution >= 0.6 is 0 Å². The third-order valence-electron chi connectivity index (χ3n) is 3.23. The number of amides is 3. The fourth-order valence-electron chi connectivity index (χ4n) is 2.02. The molecule has 1 saturated heterocycles. The Labute approximate surface area is 105 Å². The molecular weight excluding hydrogens is 235 g/mol. The minimum absolute atomic E-state index is 0.193. The molecule has 2 rings (SSSR count). The summed E-state index contributed by atoms with van der Waals surface area (Å²) in [6.45, 7) is 4.00. The van der Waals surface area contributed by atoms with E-state index in [9.17, 15) is 14.0 Å². The van der Waals surface area contributed by atoms with Crippen molar-refractivity contribution in [2.24, 2.45) is 5.92 Å². The molecule has 3 amide bonds. The molecule has 0 saturated carbocycles. The second-order valence-electron chi connectivity index (χ2n) is 4.58. The first-order valence-electron chi connectivity index (χ1n) is 5.86. The first-order chi connectivity index (χ1) is 8.49. The Morgan fingerprint density at radius 3 is 2.56 bits per heavy atom. The number of carbonyl (C=O) groups excluding carboxylic acids is 2. The van der Waals surface area contributed by atoms with E-state index in [4.69, 9.17) is 0 Å². The molecule has 0 radical (unpaired) electrons. The van der Waals surface area contributed by atoms with Gasteiger partial charge in [0.1, 0.15) is 5.82 Å². The Bertz CT molecular complexity index is 472. The topological polar surface area (TPSA) is 49.4 Å². The maximum Gasteiger partial charge on any atom is 0.324 e. The standard InChI is InChI=1S/C13H15FN2O2/c1-8-7-16(13(18)15-12(8)17)9(2)10-3-5-11(14)6-4-10/h3-6,8-9H,7H2,1-2H3,(H,15,17,18). The summed E-state index contributed by atoms with van der Waals surface area (Å²) in [5.74, 6) is -0.786. The molecule has 1 fully saturated rings. The number of benzene rings is 1. The number of imide groups is 1. The van der Waals surface area contributed by atoms with Crippen molar-refractivity contribution in [1.82, 2.24) is 10.2 Å². The van der Waals surface area contributed by atoms with Gasteiger partial charge in [-0.05, 0) is 24.6 Å². The van der Waals surface area contributed by atoms with Crippen LogP contribution in [-0.2, 0) is 4.79 Å². The lowest BCUT2D eigenvalue weighted by Crippen LogP contribution is -2.54. The molecule has 1 aliphatic heterocycles. The summed E-state index contributed by atoms with van der Waals surface area (Å²) in [4.78, 5) is 24.7. The zero-order valence-corrected chi connectivity index (χ0v) is 10.3. The van der Waals surface area contributed by atoms with E-state index in [-0.39, 0.29) is 23.7 Å². The third-order valence-corrected chi connectivity index (χ3v) is 3.23. The Hall–Kier alpha value is -1.91. The molecule has 1 aromatic carbocycles. The third kappa shape index (κ3) is 2.34. The van der Waals surface area contributed by atoms with Gasteiger partial charge in [0.25, 0.3) is 0 Å². The SMILES string of the molecule is CC1CN(C(C)c2ccc(F)cc2)C(=O)NC1=O. The predicted octanol–water partition coefficient (Wildman–Crippen LogP) is 2.07. The van der Waals surface area contributed by atoms with Crippen molar-refractivity contribution < 1.29 is 14.0 Å². The number of nitrogens with one attached hydrogen (secondary N) is 1. The number of nitrogens with zero attached hydrogens (tertiary/aromatic N) is 1. The molecule has 2 unspecified atom stereocenters. The van der Waals surface area contributed by atoms with Crippen LogP contribution < -0.4 is 5.32 Å². The molecule has 4 nitrogen and oxygen atoms in total. The monoisotopic (exact) mass is 250 g/mol. The molecule has 0 aliphatic carbocycles. The van der Waals surface area contributed by atoms with Gasteiger partial charge in [-0.25, -0.2) is 9.18 Å². The summed E-state index contributed by atoms with van der Waals surface area (Å²) < 4.78 is 12.8. The lowest BCUT2D eigenvalue weighted by molar-refractivity contribution is -0.125. The van der Waals surface area contributed by atoms with Gasteiger partial charge in [0.05, 0.1) is 12.0 Å². The van der Waals surface area contributed by atoms with Crippen molar-refractivity contribution in [3.63, 3.8) is 0 Å². The van der Waals surface area contributed by atoms with Crippen molar-refractivity contribution in [1.29, 1.82) is 0 Å². The van der Waals surface area contributed by atoms with Crippen LogP contribution in [0.25, 0.3) is 0 Å². The number of urea groups is 1. The Morgan fingerprint density at radius 2 is 1.94 bits per heavy atom. The van der Waals surface area contributed by atoms with Crippen LogP contribution in [0.15, 0.2) is 24.3 Å². The van der Waals surface area contributed by atoms with Crippen molar-refractivity contribution in [3.05, 3.63) is 35.6 Å². The highest BCUT2D eigenvalue weighted by atomic mass is 19.1. The average molecular weight is 250 g/mol. The molecule has 5 heteroatoms. The lowest BCUT2D eigenvalue weighted by atomic mass is 10.0. The van der Waals surface area contributed by atoms with Crippen LogP contribution in [-0.4, -0.2) is 23.4 Å². The van der Waals surface area contributed by atoms with E-state index in [2.05, 4.69) is 5.32 Å². The average Bonchev–Trinajstić information content (AvgIpc) is 2.34. The summed E-state index contributed by atoms with van der Waals surface area (Å²) >= 11 is 0. The van der Waals surface area contributed by atoms with Gasteiger partial charge in [-0.1, -0.05) is 19.1 Å². The van der Waals surface area contributed by atoms with Crippen LogP contribution in [0.1, 0.15) is 25.5 Å². The number of rotatable bonds is 2. The van der Waals surface area contributed by atoms with E-state index < -0.39 is 6.03 Å². The number of hydrogen-bond acceptors (Lipinski definition) is 2. The van der Waals surface area contributed by atoms with Crippen molar-refractivity contribution in [2.45, 2.75) is 19.9 Å². The van der Waals surface area contributed by atoms with Gasteiger partial charge in [-0.3, -0.25) is 10.1 Å². The maximum absolute atomic E-state index is 12.8.